The van der Waals surface area contributed by atoms with Gasteiger partial charge in [-0.2, -0.15) is 0 Å². The molecule has 1 saturated carbocycles. The predicted octanol–water partition coefficient (Wildman–Crippen LogP) is 4.14. The van der Waals surface area contributed by atoms with E-state index in [0.717, 1.165) is 18.9 Å². The lowest BCUT2D eigenvalue weighted by molar-refractivity contribution is -0.106. The van der Waals surface area contributed by atoms with Crippen LogP contribution in [0.5, 0.6) is 0 Å². The van der Waals surface area contributed by atoms with E-state index < -0.39 is 0 Å². The average molecular weight is 255 g/mol. The highest BCUT2D eigenvalue weighted by Crippen LogP contribution is 2.32. The molecule has 0 spiro atoms. The van der Waals surface area contributed by atoms with E-state index in [4.69, 9.17) is 4.74 Å². The van der Waals surface area contributed by atoms with Gasteiger partial charge in [-0.05, 0) is 58.4 Å². The molecule has 0 bridgehead atoms. The Morgan fingerprint density at radius 1 is 1.17 bits per heavy atom. The van der Waals surface area contributed by atoms with Crippen molar-refractivity contribution >= 4 is 0 Å². The molecule has 2 nitrogen and oxygen atoms in total. The number of nitrogens with one attached hydrogen (secondary N) is 1. The zero-order valence-corrected chi connectivity index (χ0v) is 13.1. The predicted molar refractivity (Wildman–Crippen MR) is 79.0 cm³/mol. The molecule has 0 heterocycles. The standard InChI is InChI=1S/C16H33NO/c1-6-11-17-14-10-9-13(7-2)12-15(14)18-16(4,5)8-3/h13-15,17H,6-12H2,1-5H3. The highest BCUT2D eigenvalue weighted by atomic mass is 16.5. The van der Waals surface area contributed by atoms with Crippen LogP contribution < -0.4 is 5.32 Å². The van der Waals surface area contributed by atoms with Crippen molar-refractivity contribution in [3.8, 4) is 0 Å². The van der Waals surface area contributed by atoms with E-state index in [1.807, 2.05) is 0 Å². The summed E-state index contributed by atoms with van der Waals surface area (Å²) in [5.41, 5.74) is 0.0203. The number of rotatable bonds is 7. The van der Waals surface area contributed by atoms with Crippen LogP contribution >= 0.6 is 0 Å². The molecule has 0 saturated heterocycles. The Kier molecular flexibility index (Phi) is 6.65. The van der Waals surface area contributed by atoms with Crippen molar-refractivity contribution in [1.29, 1.82) is 0 Å². The third-order valence-corrected chi connectivity index (χ3v) is 4.46. The molecule has 2 heteroatoms. The summed E-state index contributed by atoms with van der Waals surface area (Å²) in [4.78, 5) is 0. The molecule has 3 atom stereocenters. The van der Waals surface area contributed by atoms with Gasteiger partial charge in [-0.1, -0.05) is 27.2 Å². The van der Waals surface area contributed by atoms with Gasteiger partial charge in [0, 0.05) is 6.04 Å². The first-order valence-corrected chi connectivity index (χ1v) is 7.93. The molecule has 1 N–H and O–H groups in total. The Hall–Kier alpha value is -0.0800. The maximum Gasteiger partial charge on any atom is 0.0737 e. The lowest BCUT2D eigenvalue weighted by Gasteiger charge is -2.40. The molecule has 1 aliphatic rings. The fraction of sp³-hybridized carbons (Fsp3) is 1.00. The molecule has 18 heavy (non-hydrogen) atoms. The SMILES string of the molecule is CCCNC1CCC(CC)CC1OC(C)(C)CC. The molecular formula is C16H33NO. The van der Waals surface area contributed by atoms with Crippen molar-refractivity contribution in [2.45, 2.75) is 90.9 Å². The van der Waals surface area contributed by atoms with Crippen LogP contribution in [0, 0.1) is 5.92 Å². The van der Waals surface area contributed by atoms with Gasteiger partial charge in [-0.3, -0.25) is 0 Å². The highest BCUT2D eigenvalue weighted by molar-refractivity contribution is 4.87. The summed E-state index contributed by atoms with van der Waals surface area (Å²) in [6, 6.07) is 0.568. The Morgan fingerprint density at radius 2 is 1.89 bits per heavy atom. The van der Waals surface area contributed by atoms with Crippen molar-refractivity contribution in [2.75, 3.05) is 6.54 Å². The molecule has 108 valence electrons. The molecule has 0 amide bonds. The van der Waals surface area contributed by atoms with Gasteiger partial charge in [0.25, 0.3) is 0 Å². The van der Waals surface area contributed by atoms with Gasteiger partial charge in [0.15, 0.2) is 0 Å². The van der Waals surface area contributed by atoms with Gasteiger partial charge in [0.05, 0.1) is 11.7 Å². The Morgan fingerprint density at radius 3 is 2.44 bits per heavy atom. The Bertz CT molecular complexity index is 227. The molecule has 1 aliphatic carbocycles. The topological polar surface area (TPSA) is 21.3 Å². The van der Waals surface area contributed by atoms with E-state index >= 15 is 0 Å². The molecule has 0 radical (unpaired) electrons. The maximum atomic E-state index is 6.41. The smallest absolute Gasteiger partial charge is 0.0737 e. The molecule has 1 fully saturated rings. The minimum absolute atomic E-state index is 0.0203. The van der Waals surface area contributed by atoms with Gasteiger partial charge in [-0.15, -0.1) is 0 Å². The molecule has 1 rings (SSSR count). The first-order chi connectivity index (χ1) is 8.52. The zero-order chi connectivity index (χ0) is 13.6. The third-order valence-electron chi connectivity index (χ3n) is 4.46. The molecule has 3 unspecified atom stereocenters. The van der Waals surface area contributed by atoms with E-state index in [0.29, 0.717) is 12.1 Å². The highest BCUT2D eigenvalue weighted by Gasteiger charge is 2.33. The van der Waals surface area contributed by atoms with E-state index in [1.165, 1.54) is 32.1 Å². The van der Waals surface area contributed by atoms with E-state index in [1.54, 1.807) is 0 Å². The molecular weight excluding hydrogens is 222 g/mol. The van der Waals surface area contributed by atoms with Crippen molar-refractivity contribution in [3.05, 3.63) is 0 Å². The van der Waals surface area contributed by atoms with E-state index in [-0.39, 0.29) is 5.60 Å². The summed E-state index contributed by atoms with van der Waals surface area (Å²) in [5, 5.41) is 3.69. The fourth-order valence-corrected chi connectivity index (χ4v) is 2.77. The van der Waals surface area contributed by atoms with Crippen LogP contribution in [0.3, 0.4) is 0 Å². The summed E-state index contributed by atoms with van der Waals surface area (Å²) in [5.74, 6) is 0.863. The summed E-state index contributed by atoms with van der Waals surface area (Å²) < 4.78 is 6.41. The molecule has 0 aromatic rings. The second-order valence-electron chi connectivity index (χ2n) is 6.42. The van der Waals surface area contributed by atoms with Crippen LogP contribution in [0.4, 0.5) is 0 Å². The summed E-state index contributed by atoms with van der Waals surface area (Å²) in [7, 11) is 0. The van der Waals surface area contributed by atoms with Gasteiger partial charge in [0.2, 0.25) is 0 Å². The van der Waals surface area contributed by atoms with Crippen LogP contribution in [0.25, 0.3) is 0 Å². The summed E-state index contributed by atoms with van der Waals surface area (Å²) >= 11 is 0. The summed E-state index contributed by atoms with van der Waals surface area (Å²) in [6.45, 7) is 12.3. The van der Waals surface area contributed by atoms with Gasteiger partial charge < -0.3 is 10.1 Å². The monoisotopic (exact) mass is 255 g/mol. The number of hydrogen-bond acceptors (Lipinski definition) is 2. The second kappa shape index (κ2) is 7.49. The first kappa shape index (κ1) is 16.0. The number of hydrogen-bond donors (Lipinski definition) is 1. The quantitative estimate of drug-likeness (QED) is 0.738. The lowest BCUT2D eigenvalue weighted by atomic mass is 9.82. The molecule has 0 aromatic heterocycles. The minimum atomic E-state index is 0.0203. The van der Waals surface area contributed by atoms with Crippen molar-refractivity contribution in [1.82, 2.24) is 5.32 Å². The molecule has 0 aliphatic heterocycles. The van der Waals surface area contributed by atoms with Crippen molar-refractivity contribution < 1.29 is 4.74 Å². The maximum absolute atomic E-state index is 6.41. The van der Waals surface area contributed by atoms with E-state index in [2.05, 4.69) is 39.9 Å². The Labute approximate surface area is 114 Å². The third kappa shape index (κ3) is 4.89. The van der Waals surface area contributed by atoms with Crippen molar-refractivity contribution in [2.24, 2.45) is 5.92 Å². The lowest BCUT2D eigenvalue weighted by Crippen LogP contribution is -2.48. The minimum Gasteiger partial charge on any atom is -0.371 e. The van der Waals surface area contributed by atoms with Crippen LogP contribution in [-0.2, 0) is 4.74 Å². The molecule has 0 aromatic carbocycles. The number of ether oxygens (including phenoxy) is 1. The first-order valence-electron chi connectivity index (χ1n) is 7.93. The summed E-state index contributed by atoms with van der Waals surface area (Å²) in [6.07, 6.45) is 7.88. The van der Waals surface area contributed by atoms with Gasteiger partial charge in [0.1, 0.15) is 0 Å². The second-order valence-corrected chi connectivity index (χ2v) is 6.42. The Balaban J connectivity index is 2.58. The van der Waals surface area contributed by atoms with Crippen molar-refractivity contribution in [3.63, 3.8) is 0 Å². The van der Waals surface area contributed by atoms with Gasteiger partial charge in [-0.25, -0.2) is 0 Å². The van der Waals surface area contributed by atoms with Crippen LogP contribution in [0.2, 0.25) is 0 Å². The fourth-order valence-electron chi connectivity index (χ4n) is 2.77. The van der Waals surface area contributed by atoms with Gasteiger partial charge >= 0.3 is 0 Å². The van der Waals surface area contributed by atoms with Crippen LogP contribution in [-0.4, -0.2) is 24.3 Å². The zero-order valence-electron chi connectivity index (χ0n) is 13.1. The largest absolute Gasteiger partial charge is 0.371 e. The van der Waals surface area contributed by atoms with E-state index in [9.17, 15) is 0 Å². The van der Waals surface area contributed by atoms with Crippen LogP contribution in [0.1, 0.15) is 73.1 Å². The normalized spacial score (nSPS) is 29.5. The average Bonchev–Trinajstić information content (AvgIpc) is 2.36. The van der Waals surface area contributed by atoms with Crippen LogP contribution in [0.15, 0.2) is 0 Å².